The Kier molecular flexibility index (Phi) is 5.91. The summed E-state index contributed by atoms with van der Waals surface area (Å²) in [5.74, 6) is 0. The molecule has 1 aliphatic carbocycles. The van der Waals surface area contributed by atoms with Gasteiger partial charge in [-0.3, -0.25) is 0 Å². The Hall–Kier alpha value is -0.330. The highest BCUT2D eigenvalue weighted by atomic mass is 35.5. The van der Waals surface area contributed by atoms with Crippen LogP contribution in [0.4, 0.5) is 0 Å². The van der Waals surface area contributed by atoms with Crippen molar-refractivity contribution in [2.24, 2.45) is 0 Å². The molecule has 7 heteroatoms. The second-order valence-corrected chi connectivity index (χ2v) is 7.80. The van der Waals surface area contributed by atoms with Crippen molar-refractivity contribution in [1.82, 2.24) is 10.0 Å². The molecule has 0 spiro atoms. The van der Waals surface area contributed by atoms with Gasteiger partial charge in [-0.25, -0.2) is 13.1 Å². The zero-order valence-corrected chi connectivity index (χ0v) is 14.3. The summed E-state index contributed by atoms with van der Waals surface area (Å²) in [5, 5.41) is 3.85. The minimum atomic E-state index is -3.59. The molecule has 21 heavy (non-hydrogen) atoms. The molecule has 1 aromatic carbocycles. The number of sulfonamides is 1. The van der Waals surface area contributed by atoms with Gasteiger partial charge < -0.3 is 5.32 Å². The minimum absolute atomic E-state index is 0.0309. The van der Waals surface area contributed by atoms with Crippen LogP contribution in [0.2, 0.25) is 10.0 Å². The molecule has 2 N–H and O–H groups in total. The Morgan fingerprint density at radius 1 is 1.24 bits per heavy atom. The van der Waals surface area contributed by atoms with Crippen molar-refractivity contribution in [3.8, 4) is 0 Å². The van der Waals surface area contributed by atoms with Crippen LogP contribution >= 0.6 is 23.2 Å². The van der Waals surface area contributed by atoms with E-state index in [1.165, 1.54) is 6.07 Å². The summed E-state index contributed by atoms with van der Waals surface area (Å²) in [6.07, 6.45) is 3.83. The summed E-state index contributed by atoms with van der Waals surface area (Å²) in [6.45, 7) is 3.44. The fourth-order valence-corrected chi connectivity index (χ4v) is 4.29. The van der Waals surface area contributed by atoms with Gasteiger partial charge in [-0.2, -0.15) is 0 Å². The van der Waals surface area contributed by atoms with E-state index in [0.29, 0.717) is 11.6 Å². The van der Waals surface area contributed by atoms with E-state index in [9.17, 15) is 8.42 Å². The van der Waals surface area contributed by atoms with Gasteiger partial charge >= 0.3 is 0 Å². The summed E-state index contributed by atoms with van der Waals surface area (Å²) >= 11 is 12.2. The molecule has 4 nitrogen and oxygen atoms in total. The Labute approximate surface area is 136 Å². The number of hydrogen-bond acceptors (Lipinski definition) is 3. The van der Waals surface area contributed by atoms with Gasteiger partial charge in [0.15, 0.2) is 0 Å². The van der Waals surface area contributed by atoms with Crippen LogP contribution < -0.4 is 10.0 Å². The number of hydrogen-bond donors (Lipinski definition) is 2. The van der Waals surface area contributed by atoms with Crippen molar-refractivity contribution >= 4 is 33.2 Å². The third kappa shape index (κ3) is 4.33. The van der Waals surface area contributed by atoms with Crippen LogP contribution in [0, 0.1) is 0 Å². The van der Waals surface area contributed by atoms with E-state index in [-0.39, 0.29) is 16.0 Å². The number of nitrogens with one attached hydrogen (secondary N) is 2. The molecule has 2 rings (SSSR count). The average molecular weight is 351 g/mol. The highest BCUT2D eigenvalue weighted by Gasteiger charge is 2.27. The molecule has 0 bridgehead atoms. The fourth-order valence-electron chi connectivity index (χ4n) is 2.12. The summed E-state index contributed by atoms with van der Waals surface area (Å²) in [7, 11) is -3.59. The first-order valence-corrected chi connectivity index (χ1v) is 9.39. The third-order valence-corrected chi connectivity index (χ3v) is 5.90. The van der Waals surface area contributed by atoms with Crippen LogP contribution in [-0.4, -0.2) is 21.0 Å². The number of halogens is 2. The van der Waals surface area contributed by atoms with E-state index in [2.05, 4.69) is 17.0 Å². The van der Waals surface area contributed by atoms with Crippen molar-refractivity contribution in [2.45, 2.75) is 50.1 Å². The molecule has 0 atom stereocenters. The second kappa shape index (κ2) is 7.29. The maximum Gasteiger partial charge on any atom is 0.242 e. The highest BCUT2D eigenvalue weighted by Crippen LogP contribution is 2.30. The van der Waals surface area contributed by atoms with Crippen LogP contribution in [0.25, 0.3) is 0 Å². The van der Waals surface area contributed by atoms with E-state index in [0.717, 1.165) is 37.8 Å². The lowest BCUT2D eigenvalue weighted by Crippen LogP contribution is -2.39. The molecular formula is C14H20Cl2N2O2S. The molecule has 1 saturated carbocycles. The standard InChI is InChI=1S/C14H20Cl2N2O2S/c1-2-6-17-9-10-7-14(13(16)8-12(10)15)21(19,20)18-11-4-3-5-11/h7-8,11,17-18H,2-6,9H2,1H3. The molecule has 118 valence electrons. The van der Waals surface area contributed by atoms with E-state index in [1.807, 2.05) is 0 Å². The molecule has 0 amide bonds. The lowest BCUT2D eigenvalue weighted by atomic mass is 9.94. The largest absolute Gasteiger partial charge is 0.313 e. The molecule has 1 aromatic rings. The maximum atomic E-state index is 12.4. The fraction of sp³-hybridized carbons (Fsp3) is 0.571. The van der Waals surface area contributed by atoms with E-state index >= 15 is 0 Å². The van der Waals surface area contributed by atoms with Gasteiger partial charge in [-0.05, 0) is 43.5 Å². The first-order chi connectivity index (χ1) is 9.94. The molecular weight excluding hydrogens is 331 g/mol. The van der Waals surface area contributed by atoms with Crippen LogP contribution in [0.15, 0.2) is 17.0 Å². The van der Waals surface area contributed by atoms with Crippen molar-refractivity contribution in [3.63, 3.8) is 0 Å². The average Bonchev–Trinajstić information content (AvgIpc) is 2.36. The van der Waals surface area contributed by atoms with Gasteiger partial charge in [0.05, 0.1) is 5.02 Å². The van der Waals surface area contributed by atoms with Crippen molar-refractivity contribution in [1.29, 1.82) is 0 Å². The van der Waals surface area contributed by atoms with E-state index < -0.39 is 10.0 Å². The van der Waals surface area contributed by atoms with Crippen molar-refractivity contribution in [2.75, 3.05) is 6.54 Å². The molecule has 0 aromatic heterocycles. The predicted molar refractivity (Wildman–Crippen MR) is 86.4 cm³/mol. The Morgan fingerprint density at radius 2 is 1.95 bits per heavy atom. The van der Waals surface area contributed by atoms with Crippen LogP contribution in [0.1, 0.15) is 38.2 Å². The lowest BCUT2D eigenvalue weighted by molar-refractivity contribution is 0.383. The second-order valence-electron chi connectivity index (χ2n) is 5.30. The Bertz CT molecular complexity index is 601. The Balaban J connectivity index is 2.23. The Morgan fingerprint density at radius 3 is 2.52 bits per heavy atom. The summed E-state index contributed by atoms with van der Waals surface area (Å²) < 4.78 is 27.5. The SMILES string of the molecule is CCCNCc1cc(S(=O)(=O)NC2CCC2)c(Cl)cc1Cl. The van der Waals surface area contributed by atoms with Gasteiger partial charge in [0.1, 0.15) is 4.90 Å². The highest BCUT2D eigenvalue weighted by molar-refractivity contribution is 7.89. The quantitative estimate of drug-likeness (QED) is 0.741. The lowest BCUT2D eigenvalue weighted by Gasteiger charge is -2.26. The number of rotatable bonds is 7. The van der Waals surface area contributed by atoms with Crippen molar-refractivity contribution in [3.05, 3.63) is 27.7 Å². The smallest absolute Gasteiger partial charge is 0.242 e. The van der Waals surface area contributed by atoms with Gasteiger partial charge in [0.25, 0.3) is 0 Å². The summed E-state index contributed by atoms with van der Waals surface area (Å²) in [5.41, 5.74) is 0.739. The summed E-state index contributed by atoms with van der Waals surface area (Å²) in [4.78, 5) is 0.105. The first-order valence-electron chi connectivity index (χ1n) is 7.15. The number of benzene rings is 1. The molecule has 0 radical (unpaired) electrons. The first kappa shape index (κ1) is 17.0. The predicted octanol–water partition coefficient (Wildman–Crippen LogP) is 3.32. The van der Waals surface area contributed by atoms with Gasteiger partial charge in [0, 0.05) is 17.6 Å². The van der Waals surface area contributed by atoms with Crippen molar-refractivity contribution < 1.29 is 8.42 Å². The molecule has 0 saturated heterocycles. The monoisotopic (exact) mass is 350 g/mol. The van der Waals surface area contributed by atoms with Gasteiger partial charge in [0.2, 0.25) is 10.0 Å². The normalized spacial score (nSPS) is 16.0. The molecule has 1 aliphatic rings. The third-order valence-electron chi connectivity index (χ3n) is 3.56. The van der Waals surface area contributed by atoms with Crippen LogP contribution in [0.3, 0.4) is 0 Å². The topological polar surface area (TPSA) is 58.2 Å². The zero-order chi connectivity index (χ0) is 15.5. The minimum Gasteiger partial charge on any atom is -0.313 e. The summed E-state index contributed by atoms with van der Waals surface area (Å²) in [6, 6.07) is 3.10. The molecule has 0 unspecified atom stereocenters. The molecule has 0 heterocycles. The van der Waals surface area contributed by atoms with Gasteiger partial charge in [-0.1, -0.05) is 36.5 Å². The van der Waals surface area contributed by atoms with Crippen LogP contribution in [0.5, 0.6) is 0 Å². The molecule has 0 aliphatic heterocycles. The van der Waals surface area contributed by atoms with Gasteiger partial charge in [-0.15, -0.1) is 0 Å². The zero-order valence-electron chi connectivity index (χ0n) is 12.0. The molecule has 1 fully saturated rings. The van der Waals surface area contributed by atoms with E-state index in [1.54, 1.807) is 6.07 Å². The van der Waals surface area contributed by atoms with E-state index in [4.69, 9.17) is 23.2 Å². The maximum absolute atomic E-state index is 12.4. The van der Waals surface area contributed by atoms with Crippen LogP contribution in [-0.2, 0) is 16.6 Å².